The van der Waals surface area contributed by atoms with Crippen LogP contribution in [0.25, 0.3) is 0 Å². The van der Waals surface area contributed by atoms with Crippen LogP contribution in [-0.2, 0) is 6.42 Å². The third-order valence-electron chi connectivity index (χ3n) is 2.71. The molecule has 0 aliphatic heterocycles. The van der Waals surface area contributed by atoms with Gasteiger partial charge in [-0.05, 0) is 31.4 Å². The maximum absolute atomic E-state index is 5.90. The van der Waals surface area contributed by atoms with Gasteiger partial charge in [0.2, 0.25) is 0 Å². The number of rotatable bonds is 8. The summed E-state index contributed by atoms with van der Waals surface area (Å²) in [6.07, 6.45) is 6.21. The van der Waals surface area contributed by atoms with Crippen molar-refractivity contribution in [3.05, 3.63) is 21.3 Å². The van der Waals surface area contributed by atoms with Gasteiger partial charge in [-0.3, -0.25) is 0 Å². The molecule has 0 unspecified atom stereocenters. The summed E-state index contributed by atoms with van der Waals surface area (Å²) < 4.78 is 0.897. The summed E-state index contributed by atoms with van der Waals surface area (Å²) in [6, 6.07) is 4.81. The Hall–Kier alpha value is -0.0500. The molecule has 0 amide bonds. The molecule has 0 bridgehead atoms. The van der Waals surface area contributed by atoms with E-state index in [2.05, 4.69) is 25.2 Å². The summed E-state index contributed by atoms with van der Waals surface area (Å²) in [5, 5.41) is 3.64. The molecule has 0 aliphatic rings. The van der Waals surface area contributed by atoms with Gasteiger partial charge in [-0.25, -0.2) is 0 Å². The number of nitrogens with one attached hydrogen (secondary N) is 1. The first kappa shape index (κ1) is 14.0. The molecular formula is C13H22ClNS. The number of hydrogen-bond acceptors (Lipinski definition) is 2. The van der Waals surface area contributed by atoms with Crippen molar-refractivity contribution in [2.45, 2.75) is 52.0 Å². The van der Waals surface area contributed by atoms with Crippen molar-refractivity contribution in [3.63, 3.8) is 0 Å². The highest BCUT2D eigenvalue weighted by Gasteiger charge is 2.05. The van der Waals surface area contributed by atoms with E-state index in [9.17, 15) is 0 Å². The second-order valence-electron chi connectivity index (χ2n) is 4.18. The Morgan fingerprint density at radius 3 is 2.44 bits per heavy atom. The van der Waals surface area contributed by atoms with Crippen LogP contribution in [-0.4, -0.2) is 12.6 Å². The molecule has 0 fully saturated rings. The van der Waals surface area contributed by atoms with Gasteiger partial charge >= 0.3 is 0 Å². The third kappa shape index (κ3) is 5.33. The summed E-state index contributed by atoms with van der Waals surface area (Å²) in [5.74, 6) is 0. The minimum Gasteiger partial charge on any atom is -0.314 e. The van der Waals surface area contributed by atoms with Gasteiger partial charge < -0.3 is 5.32 Å². The molecule has 16 heavy (non-hydrogen) atoms. The Kier molecular flexibility index (Phi) is 7.10. The average Bonchev–Trinajstić information content (AvgIpc) is 2.65. The van der Waals surface area contributed by atoms with E-state index in [0.29, 0.717) is 6.04 Å². The Bertz CT molecular complexity index is 279. The first-order valence-electron chi connectivity index (χ1n) is 6.23. The van der Waals surface area contributed by atoms with Crippen LogP contribution < -0.4 is 5.32 Å². The Morgan fingerprint density at radius 2 is 1.94 bits per heavy atom. The lowest BCUT2D eigenvalue weighted by molar-refractivity contribution is 0.447. The van der Waals surface area contributed by atoms with Gasteiger partial charge in [0.1, 0.15) is 0 Å². The highest BCUT2D eigenvalue weighted by Crippen LogP contribution is 2.21. The van der Waals surface area contributed by atoms with Crippen LogP contribution in [0.15, 0.2) is 12.1 Å². The topological polar surface area (TPSA) is 12.0 Å². The SMILES string of the molecule is CCCC(CCC)NCCc1ccc(Cl)s1. The van der Waals surface area contributed by atoms with E-state index in [1.54, 1.807) is 11.3 Å². The van der Waals surface area contributed by atoms with E-state index in [0.717, 1.165) is 17.3 Å². The van der Waals surface area contributed by atoms with E-state index in [4.69, 9.17) is 11.6 Å². The van der Waals surface area contributed by atoms with Gasteiger partial charge in [0.15, 0.2) is 0 Å². The lowest BCUT2D eigenvalue weighted by Gasteiger charge is -2.16. The minimum absolute atomic E-state index is 0.699. The fourth-order valence-corrected chi connectivity index (χ4v) is 3.02. The van der Waals surface area contributed by atoms with Crippen molar-refractivity contribution in [1.29, 1.82) is 0 Å². The molecule has 0 saturated heterocycles. The molecule has 92 valence electrons. The van der Waals surface area contributed by atoms with Gasteiger partial charge in [0, 0.05) is 17.5 Å². The largest absolute Gasteiger partial charge is 0.314 e. The minimum atomic E-state index is 0.699. The van der Waals surface area contributed by atoms with Gasteiger partial charge in [-0.1, -0.05) is 38.3 Å². The zero-order chi connectivity index (χ0) is 11.8. The fourth-order valence-electron chi connectivity index (χ4n) is 1.93. The molecule has 1 nitrogen and oxygen atoms in total. The average molecular weight is 260 g/mol. The summed E-state index contributed by atoms with van der Waals surface area (Å²) in [4.78, 5) is 1.38. The van der Waals surface area contributed by atoms with Crippen molar-refractivity contribution in [3.8, 4) is 0 Å². The number of thiophene rings is 1. The molecule has 1 heterocycles. The Morgan fingerprint density at radius 1 is 1.25 bits per heavy atom. The van der Waals surface area contributed by atoms with Crippen LogP contribution in [0.3, 0.4) is 0 Å². The molecule has 1 aromatic heterocycles. The molecule has 3 heteroatoms. The normalized spacial score (nSPS) is 11.2. The molecule has 0 aliphatic carbocycles. The van der Waals surface area contributed by atoms with Crippen LogP contribution in [0.1, 0.15) is 44.4 Å². The molecule has 1 aromatic rings. The van der Waals surface area contributed by atoms with Crippen molar-refractivity contribution in [2.24, 2.45) is 0 Å². The van der Waals surface area contributed by atoms with Crippen molar-refractivity contribution in [1.82, 2.24) is 5.32 Å². The standard InChI is InChI=1S/C13H22ClNS/c1-3-5-11(6-4-2)15-10-9-12-7-8-13(14)16-12/h7-8,11,15H,3-6,9-10H2,1-2H3. The highest BCUT2D eigenvalue weighted by molar-refractivity contribution is 7.16. The van der Waals surface area contributed by atoms with E-state index in [1.165, 1.54) is 30.6 Å². The molecule has 1 N–H and O–H groups in total. The molecule has 0 atom stereocenters. The zero-order valence-corrected chi connectivity index (χ0v) is 11.8. The van der Waals surface area contributed by atoms with Crippen LogP contribution in [0.4, 0.5) is 0 Å². The van der Waals surface area contributed by atoms with E-state index in [-0.39, 0.29) is 0 Å². The maximum atomic E-state index is 5.90. The predicted molar refractivity (Wildman–Crippen MR) is 74.6 cm³/mol. The summed E-state index contributed by atoms with van der Waals surface area (Å²) in [6.45, 7) is 5.58. The monoisotopic (exact) mass is 259 g/mol. The van der Waals surface area contributed by atoms with Crippen LogP contribution in [0, 0.1) is 0 Å². The lowest BCUT2D eigenvalue weighted by atomic mass is 10.1. The zero-order valence-electron chi connectivity index (χ0n) is 10.3. The van der Waals surface area contributed by atoms with Gasteiger partial charge in [0.05, 0.1) is 4.34 Å². The van der Waals surface area contributed by atoms with E-state index >= 15 is 0 Å². The Labute approximate surface area is 108 Å². The van der Waals surface area contributed by atoms with E-state index in [1.807, 2.05) is 6.07 Å². The van der Waals surface area contributed by atoms with Gasteiger partial charge in [-0.15, -0.1) is 11.3 Å². The van der Waals surface area contributed by atoms with Crippen molar-refractivity contribution >= 4 is 22.9 Å². The second-order valence-corrected chi connectivity index (χ2v) is 5.98. The van der Waals surface area contributed by atoms with Gasteiger partial charge in [-0.2, -0.15) is 0 Å². The molecule has 0 radical (unpaired) electrons. The van der Waals surface area contributed by atoms with Crippen molar-refractivity contribution in [2.75, 3.05) is 6.54 Å². The maximum Gasteiger partial charge on any atom is 0.0931 e. The van der Waals surface area contributed by atoms with E-state index < -0.39 is 0 Å². The van der Waals surface area contributed by atoms with Crippen molar-refractivity contribution < 1.29 is 0 Å². The second kappa shape index (κ2) is 8.10. The van der Waals surface area contributed by atoms with Gasteiger partial charge in [0.25, 0.3) is 0 Å². The quantitative estimate of drug-likeness (QED) is 0.725. The lowest BCUT2D eigenvalue weighted by Crippen LogP contribution is -2.30. The molecule has 0 aromatic carbocycles. The number of halogens is 1. The summed E-state index contributed by atoms with van der Waals surface area (Å²) in [5.41, 5.74) is 0. The first-order chi connectivity index (χ1) is 7.76. The molecule has 0 saturated carbocycles. The van der Waals surface area contributed by atoms with Crippen LogP contribution in [0.2, 0.25) is 4.34 Å². The van der Waals surface area contributed by atoms with Crippen LogP contribution >= 0.6 is 22.9 Å². The summed E-state index contributed by atoms with van der Waals surface area (Å²) in [7, 11) is 0. The molecule has 0 spiro atoms. The third-order valence-corrected chi connectivity index (χ3v) is 4.00. The highest BCUT2D eigenvalue weighted by atomic mass is 35.5. The molecular weight excluding hydrogens is 238 g/mol. The van der Waals surface area contributed by atoms with Crippen LogP contribution in [0.5, 0.6) is 0 Å². The first-order valence-corrected chi connectivity index (χ1v) is 7.43. The predicted octanol–water partition coefficient (Wildman–Crippen LogP) is 4.50. The fraction of sp³-hybridized carbons (Fsp3) is 0.692. The Balaban J connectivity index is 2.21. The smallest absolute Gasteiger partial charge is 0.0931 e. The summed E-state index contributed by atoms with van der Waals surface area (Å²) >= 11 is 7.59. The molecule has 1 rings (SSSR count). The number of hydrogen-bond donors (Lipinski definition) is 1.